The second kappa shape index (κ2) is 7.74. The number of carbonyl (C=O) groups excluding carboxylic acids is 1. The zero-order valence-corrected chi connectivity index (χ0v) is 15.3. The number of furan rings is 1. The Hall–Kier alpha value is -2.27. The Morgan fingerprint density at radius 3 is 2.60 bits per heavy atom. The Bertz CT molecular complexity index is 689. The Kier molecular flexibility index (Phi) is 5.43. The van der Waals surface area contributed by atoms with Crippen molar-refractivity contribution in [1.82, 2.24) is 9.80 Å². The van der Waals surface area contributed by atoms with Gasteiger partial charge in [-0.05, 0) is 63.3 Å². The highest BCUT2D eigenvalue weighted by atomic mass is 16.3. The Labute approximate surface area is 149 Å². The van der Waals surface area contributed by atoms with E-state index in [2.05, 4.69) is 11.9 Å². The molecule has 134 valence electrons. The van der Waals surface area contributed by atoms with E-state index in [1.165, 1.54) is 0 Å². The molecule has 3 rings (SSSR count). The molecule has 1 amide bonds. The van der Waals surface area contributed by atoms with E-state index in [-0.39, 0.29) is 11.9 Å². The predicted octanol–water partition coefficient (Wildman–Crippen LogP) is 3.08. The lowest BCUT2D eigenvalue weighted by Gasteiger charge is -2.37. The highest BCUT2D eigenvalue weighted by Gasteiger charge is 2.28. The van der Waals surface area contributed by atoms with Crippen LogP contribution in [0.3, 0.4) is 0 Å². The molecule has 0 N–H and O–H groups in total. The fraction of sp³-hybridized carbons (Fsp3) is 0.450. The maximum atomic E-state index is 13.3. The molecule has 0 bridgehead atoms. The van der Waals surface area contributed by atoms with Crippen LogP contribution in [0.25, 0.3) is 0 Å². The molecule has 0 atom stereocenters. The van der Waals surface area contributed by atoms with Gasteiger partial charge in [0.25, 0.3) is 5.91 Å². The van der Waals surface area contributed by atoms with Gasteiger partial charge in [-0.1, -0.05) is 6.07 Å². The van der Waals surface area contributed by atoms with E-state index in [4.69, 9.17) is 4.42 Å². The van der Waals surface area contributed by atoms with Crippen LogP contribution >= 0.6 is 0 Å². The topological polar surface area (TPSA) is 39.9 Å². The van der Waals surface area contributed by atoms with Gasteiger partial charge in [0.1, 0.15) is 5.76 Å². The summed E-state index contributed by atoms with van der Waals surface area (Å²) in [5.74, 6) is 0.908. The Morgan fingerprint density at radius 2 is 1.96 bits per heavy atom. The van der Waals surface area contributed by atoms with Crippen molar-refractivity contribution in [2.24, 2.45) is 0 Å². The smallest absolute Gasteiger partial charge is 0.254 e. The van der Waals surface area contributed by atoms with Crippen LogP contribution in [-0.4, -0.2) is 56.0 Å². The number of rotatable bonds is 5. The first kappa shape index (κ1) is 17.5. The van der Waals surface area contributed by atoms with Crippen LogP contribution in [0.15, 0.2) is 47.1 Å². The molecule has 1 aromatic heterocycles. The highest BCUT2D eigenvalue weighted by molar-refractivity contribution is 5.95. The number of hydrogen-bond donors (Lipinski definition) is 0. The van der Waals surface area contributed by atoms with E-state index in [9.17, 15) is 4.79 Å². The zero-order valence-electron chi connectivity index (χ0n) is 15.3. The van der Waals surface area contributed by atoms with Gasteiger partial charge >= 0.3 is 0 Å². The normalized spacial score (nSPS) is 16.0. The van der Waals surface area contributed by atoms with Crippen LogP contribution in [0.4, 0.5) is 5.69 Å². The molecule has 1 aliphatic heterocycles. The molecule has 5 nitrogen and oxygen atoms in total. The lowest BCUT2D eigenvalue weighted by molar-refractivity contribution is 0.0550. The number of likely N-dealkylation sites (tertiary alicyclic amines) is 1. The SMILES string of the molecule is CN1CCC(N(Cc2ccco2)C(=O)c2cccc(N(C)C)c2)CC1. The van der Waals surface area contributed by atoms with Gasteiger partial charge in [-0.2, -0.15) is 0 Å². The van der Waals surface area contributed by atoms with Gasteiger partial charge < -0.3 is 19.1 Å². The van der Waals surface area contributed by atoms with Crippen LogP contribution in [0, 0.1) is 0 Å². The molecular weight excluding hydrogens is 314 g/mol. The van der Waals surface area contributed by atoms with Crippen LogP contribution in [0.1, 0.15) is 29.0 Å². The minimum atomic E-state index is 0.0784. The van der Waals surface area contributed by atoms with E-state index < -0.39 is 0 Å². The van der Waals surface area contributed by atoms with E-state index in [0.717, 1.165) is 42.9 Å². The fourth-order valence-corrected chi connectivity index (χ4v) is 3.33. The first-order valence-electron chi connectivity index (χ1n) is 8.84. The molecule has 0 unspecified atom stereocenters. The van der Waals surface area contributed by atoms with Gasteiger partial charge in [-0.3, -0.25) is 4.79 Å². The van der Waals surface area contributed by atoms with Gasteiger partial charge in [0.2, 0.25) is 0 Å². The van der Waals surface area contributed by atoms with E-state index in [0.29, 0.717) is 6.54 Å². The number of piperidine rings is 1. The number of hydrogen-bond acceptors (Lipinski definition) is 4. The van der Waals surface area contributed by atoms with Crippen molar-refractivity contribution in [1.29, 1.82) is 0 Å². The van der Waals surface area contributed by atoms with Gasteiger partial charge in [-0.25, -0.2) is 0 Å². The summed E-state index contributed by atoms with van der Waals surface area (Å²) in [6.45, 7) is 2.56. The average molecular weight is 341 g/mol. The van der Waals surface area contributed by atoms with Crippen LogP contribution < -0.4 is 4.90 Å². The Morgan fingerprint density at radius 1 is 1.20 bits per heavy atom. The lowest BCUT2D eigenvalue weighted by atomic mass is 10.0. The first-order chi connectivity index (χ1) is 12.0. The maximum Gasteiger partial charge on any atom is 0.254 e. The predicted molar refractivity (Wildman–Crippen MR) is 99.9 cm³/mol. The quantitative estimate of drug-likeness (QED) is 0.838. The largest absolute Gasteiger partial charge is 0.467 e. The molecule has 2 aromatic rings. The molecular formula is C20H27N3O2. The van der Waals surface area contributed by atoms with Gasteiger partial charge in [0.15, 0.2) is 0 Å². The number of benzene rings is 1. The summed E-state index contributed by atoms with van der Waals surface area (Å²) in [6, 6.07) is 11.9. The van der Waals surface area contributed by atoms with Crippen molar-refractivity contribution >= 4 is 11.6 Å². The number of anilines is 1. The summed E-state index contributed by atoms with van der Waals surface area (Å²) in [7, 11) is 6.11. The van der Waals surface area contributed by atoms with E-state index in [1.54, 1.807) is 6.26 Å². The molecule has 1 saturated heterocycles. The first-order valence-corrected chi connectivity index (χ1v) is 8.84. The molecule has 1 aliphatic rings. The summed E-state index contributed by atoms with van der Waals surface area (Å²) in [5, 5.41) is 0. The zero-order chi connectivity index (χ0) is 17.8. The van der Waals surface area contributed by atoms with Crippen LogP contribution in [0.5, 0.6) is 0 Å². The van der Waals surface area contributed by atoms with Gasteiger partial charge in [0, 0.05) is 31.4 Å². The van der Waals surface area contributed by atoms with Crippen LogP contribution in [-0.2, 0) is 6.54 Å². The van der Waals surface area contributed by atoms with E-state index >= 15 is 0 Å². The van der Waals surface area contributed by atoms with Crippen molar-refractivity contribution in [2.45, 2.75) is 25.4 Å². The molecule has 1 fully saturated rings. The lowest BCUT2D eigenvalue weighted by Crippen LogP contribution is -2.46. The second-order valence-electron chi connectivity index (χ2n) is 6.99. The summed E-state index contributed by atoms with van der Waals surface area (Å²) in [5.41, 5.74) is 1.77. The molecule has 0 saturated carbocycles. The van der Waals surface area contributed by atoms with Gasteiger partial charge in [0.05, 0.1) is 12.8 Å². The monoisotopic (exact) mass is 341 g/mol. The third kappa shape index (κ3) is 4.23. The summed E-state index contributed by atoms with van der Waals surface area (Å²) in [6.07, 6.45) is 3.66. The third-order valence-electron chi connectivity index (χ3n) is 4.91. The number of amides is 1. The minimum absolute atomic E-state index is 0.0784. The number of carbonyl (C=O) groups is 1. The molecule has 25 heavy (non-hydrogen) atoms. The standard InChI is InChI=1S/C20H27N3O2/c1-21(2)18-7-4-6-16(14-18)20(24)23(15-19-8-5-13-25-19)17-9-11-22(3)12-10-17/h4-8,13-14,17H,9-12,15H2,1-3H3. The molecule has 0 spiro atoms. The van der Waals surface area contributed by atoms with Crippen molar-refractivity contribution in [3.05, 3.63) is 54.0 Å². The molecule has 2 heterocycles. The third-order valence-corrected chi connectivity index (χ3v) is 4.91. The highest BCUT2D eigenvalue weighted by Crippen LogP contribution is 2.23. The second-order valence-corrected chi connectivity index (χ2v) is 6.99. The minimum Gasteiger partial charge on any atom is -0.467 e. The molecule has 5 heteroatoms. The summed E-state index contributed by atoms with van der Waals surface area (Å²) >= 11 is 0. The maximum absolute atomic E-state index is 13.3. The fourth-order valence-electron chi connectivity index (χ4n) is 3.33. The van der Waals surface area contributed by atoms with Crippen molar-refractivity contribution in [3.63, 3.8) is 0 Å². The average Bonchev–Trinajstić information content (AvgIpc) is 3.13. The van der Waals surface area contributed by atoms with Crippen LogP contribution in [0.2, 0.25) is 0 Å². The molecule has 1 aromatic carbocycles. The molecule has 0 radical (unpaired) electrons. The Balaban J connectivity index is 1.84. The summed E-state index contributed by atoms with van der Waals surface area (Å²) in [4.78, 5) is 19.6. The van der Waals surface area contributed by atoms with Crippen molar-refractivity contribution < 1.29 is 9.21 Å². The van der Waals surface area contributed by atoms with Crippen molar-refractivity contribution in [3.8, 4) is 0 Å². The number of nitrogens with zero attached hydrogens (tertiary/aromatic N) is 3. The summed E-state index contributed by atoms with van der Waals surface area (Å²) < 4.78 is 5.51. The van der Waals surface area contributed by atoms with E-state index in [1.807, 2.05) is 60.3 Å². The van der Waals surface area contributed by atoms with Crippen molar-refractivity contribution in [2.75, 3.05) is 39.1 Å². The van der Waals surface area contributed by atoms with Gasteiger partial charge in [-0.15, -0.1) is 0 Å². The molecule has 0 aliphatic carbocycles.